The lowest BCUT2D eigenvalue weighted by Crippen LogP contribution is -2.39. The van der Waals surface area contributed by atoms with Crippen molar-refractivity contribution in [3.8, 4) is 0 Å². The molecule has 1 aromatic carbocycles. The first-order valence-corrected chi connectivity index (χ1v) is 7.50. The standard InChI is InChI=1S/C17H23NO2/c1-12-9-10-15(13(2)11-12)16(19)17(20)18-14-7-5-3-4-6-8-14/h9-11,14H,3-8H2,1-2H3,(H,18,20). The number of nitrogens with one attached hydrogen (secondary N) is 1. The van der Waals surface area contributed by atoms with Crippen molar-refractivity contribution in [2.24, 2.45) is 0 Å². The van der Waals surface area contributed by atoms with Gasteiger partial charge in [-0.25, -0.2) is 0 Å². The van der Waals surface area contributed by atoms with Gasteiger partial charge in [0.25, 0.3) is 5.91 Å². The first-order chi connectivity index (χ1) is 9.58. The molecule has 0 aliphatic heterocycles. The summed E-state index contributed by atoms with van der Waals surface area (Å²) in [6.07, 6.45) is 6.73. The number of ketones is 1. The van der Waals surface area contributed by atoms with E-state index in [0.29, 0.717) is 5.56 Å². The van der Waals surface area contributed by atoms with Crippen molar-refractivity contribution in [3.05, 3.63) is 34.9 Å². The molecule has 0 heterocycles. The van der Waals surface area contributed by atoms with Crippen LogP contribution in [0.25, 0.3) is 0 Å². The molecule has 1 aliphatic carbocycles. The third kappa shape index (κ3) is 3.69. The predicted molar refractivity (Wildman–Crippen MR) is 79.9 cm³/mol. The highest BCUT2D eigenvalue weighted by molar-refractivity contribution is 6.43. The van der Waals surface area contributed by atoms with Crippen LogP contribution in [0.5, 0.6) is 0 Å². The van der Waals surface area contributed by atoms with Crippen LogP contribution >= 0.6 is 0 Å². The van der Waals surface area contributed by atoms with Gasteiger partial charge in [0.15, 0.2) is 0 Å². The molecule has 0 saturated heterocycles. The van der Waals surface area contributed by atoms with E-state index in [1.807, 2.05) is 26.0 Å². The van der Waals surface area contributed by atoms with Crippen LogP contribution < -0.4 is 5.32 Å². The summed E-state index contributed by atoms with van der Waals surface area (Å²) in [5.41, 5.74) is 2.48. The Morgan fingerprint density at radius 1 is 1.05 bits per heavy atom. The van der Waals surface area contributed by atoms with Gasteiger partial charge in [0.2, 0.25) is 5.78 Å². The van der Waals surface area contributed by atoms with Gasteiger partial charge in [-0.15, -0.1) is 0 Å². The summed E-state index contributed by atoms with van der Waals surface area (Å²) in [4.78, 5) is 24.3. The van der Waals surface area contributed by atoms with Gasteiger partial charge in [-0.05, 0) is 32.3 Å². The lowest BCUT2D eigenvalue weighted by atomic mass is 10.0. The Kier molecular flexibility index (Phi) is 4.94. The second-order valence-electron chi connectivity index (χ2n) is 5.81. The summed E-state index contributed by atoms with van der Waals surface area (Å²) in [6, 6.07) is 5.73. The van der Waals surface area contributed by atoms with Crippen LogP contribution in [0.1, 0.15) is 60.0 Å². The van der Waals surface area contributed by atoms with Crippen molar-refractivity contribution in [2.75, 3.05) is 0 Å². The summed E-state index contributed by atoms with van der Waals surface area (Å²) in [6.45, 7) is 3.85. The van der Waals surface area contributed by atoms with Crippen molar-refractivity contribution in [2.45, 2.75) is 58.4 Å². The van der Waals surface area contributed by atoms with E-state index in [-0.39, 0.29) is 6.04 Å². The molecule has 0 radical (unpaired) electrons. The molecule has 108 valence electrons. The van der Waals surface area contributed by atoms with Gasteiger partial charge in [0.05, 0.1) is 0 Å². The average Bonchev–Trinajstić information content (AvgIpc) is 2.66. The smallest absolute Gasteiger partial charge is 0.292 e. The summed E-state index contributed by atoms with van der Waals surface area (Å²) < 4.78 is 0. The van der Waals surface area contributed by atoms with Gasteiger partial charge in [0.1, 0.15) is 0 Å². The average molecular weight is 273 g/mol. The van der Waals surface area contributed by atoms with Gasteiger partial charge < -0.3 is 5.32 Å². The SMILES string of the molecule is Cc1ccc(C(=O)C(=O)NC2CCCCCC2)c(C)c1. The molecule has 1 aromatic rings. The fraction of sp³-hybridized carbons (Fsp3) is 0.529. The van der Waals surface area contributed by atoms with Gasteiger partial charge in [-0.2, -0.15) is 0 Å². The Hall–Kier alpha value is -1.64. The van der Waals surface area contributed by atoms with E-state index in [1.54, 1.807) is 6.07 Å². The number of carbonyl (C=O) groups excluding carboxylic acids is 2. The molecule has 0 unspecified atom stereocenters. The van der Waals surface area contributed by atoms with Gasteiger partial charge >= 0.3 is 0 Å². The second-order valence-corrected chi connectivity index (χ2v) is 5.81. The zero-order chi connectivity index (χ0) is 14.5. The minimum absolute atomic E-state index is 0.166. The minimum atomic E-state index is -0.455. The number of Topliss-reactive ketones (excluding diaryl/α,β-unsaturated/α-hetero) is 1. The maximum Gasteiger partial charge on any atom is 0.292 e. The Labute approximate surface area is 120 Å². The largest absolute Gasteiger partial charge is 0.346 e. The van der Waals surface area contributed by atoms with Crippen LogP contribution in [0, 0.1) is 13.8 Å². The van der Waals surface area contributed by atoms with Crippen LogP contribution in [0.3, 0.4) is 0 Å². The van der Waals surface area contributed by atoms with E-state index in [2.05, 4.69) is 5.32 Å². The van der Waals surface area contributed by atoms with Crippen LogP contribution in [-0.4, -0.2) is 17.7 Å². The molecular formula is C17H23NO2. The molecule has 0 spiro atoms. The molecule has 1 N–H and O–H groups in total. The molecule has 2 rings (SSSR count). The fourth-order valence-corrected chi connectivity index (χ4v) is 2.87. The summed E-state index contributed by atoms with van der Waals surface area (Å²) in [5.74, 6) is -0.865. The van der Waals surface area contributed by atoms with Crippen LogP contribution in [0.2, 0.25) is 0 Å². The van der Waals surface area contributed by atoms with Crippen LogP contribution in [0.15, 0.2) is 18.2 Å². The number of amides is 1. The summed E-state index contributed by atoms with van der Waals surface area (Å²) >= 11 is 0. The van der Waals surface area contributed by atoms with Crippen molar-refractivity contribution in [1.82, 2.24) is 5.32 Å². The Morgan fingerprint density at radius 3 is 2.30 bits per heavy atom. The first kappa shape index (κ1) is 14.8. The topological polar surface area (TPSA) is 46.2 Å². The van der Waals surface area contributed by atoms with Crippen molar-refractivity contribution in [3.63, 3.8) is 0 Å². The lowest BCUT2D eigenvalue weighted by molar-refractivity contribution is -0.117. The first-order valence-electron chi connectivity index (χ1n) is 7.50. The second kappa shape index (κ2) is 6.69. The molecule has 1 fully saturated rings. The van der Waals surface area contributed by atoms with Crippen LogP contribution in [0.4, 0.5) is 0 Å². The third-order valence-corrected chi connectivity index (χ3v) is 4.02. The molecule has 1 aliphatic rings. The molecular weight excluding hydrogens is 250 g/mol. The summed E-state index contributed by atoms with van der Waals surface area (Å²) in [7, 11) is 0. The van der Waals surface area contributed by atoms with E-state index in [0.717, 1.165) is 36.8 Å². The minimum Gasteiger partial charge on any atom is -0.346 e. The van der Waals surface area contributed by atoms with Crippen molar-refractivity contribution >= 4 is 11.7 Å². The highest BCUT2D eigenvalue weighted by Gasteiger charge is 2.22. The number of hydrogen-bond donors (Lipinski definition) is 1. The number of carbonyl (C=O) groups is 2. The maximum absolute atomic E-state index is 12.2. The molecule has 20 heavy (non-hydrogen) atoms. The molecule has 0 aromatic heterocycles. The van der Waals surface area contributed by atoms with Crippen molar-refractivity contribution in [1.29, 1.82) is 0 Å². The molecule has 1 saturated carbocycles. The zero-order valence-corrected chi connectivity index (χ0v) is 12.4. The Morgan fingerprint density at radius 2 is 1.70 bits per heavy atom. The normalized spacial score (nSPS) is 16.5. The maximum atomic E-state index is 12.2. The molecule has 1 amide bonds. The van der Waals surface area contributed by atoms with E-state index < -0.39 is 11.7 Å². The number of aryl methyl sites for hydroxylation is 2. The number of rotatable bonds is 3. The van der Waals surface area contributed by atoms with Gasteiger partial charge in [0, 0.05) is 11.6 Å². The zero-order valence-electron chi connectivity index (χ0n) is 12.4. The fourth-order valence-electron chi connectivity index (χ4n) is 2.87. The van der Waals surface area contributed by atoms with Crippen LogP contribution in [-0.2, 0) is 4.79 Å². The lowest BCUT2D eigenvalue weighted by Gasteiger charge is -2.16. The van der Waals surface area contributed by atoms with E-state index >= 15 is 0 Å². The Balaban J connectivity index is 2.02. The third-order valence-electron chi connectivity index (χ3n) is 4.02. The predicted octanol–water partition coefficient (Wildman–Crippen LogP) is 3.33. The monoisotopic (exact) mass is 273 g/mol. The van der Waals surface area contributed by atoms with E-state index in [9.17, 15) is 9.59 Å². The molecule has 3 nitrogen and oxygen atoms in total. The van der Waals surface area contributed by atoms with E-state index in [1.165, 1.54) is 12.8 Å². The van der Waals surface area contributed by atoms with Crippen molar-refractivity contribution < 1.29 is 9.59 Å². The van der Waals surface area contributed by atoms with E-state index in [4.69, 9.17) is 0 Å². The quantitative estimate of drug-likeness (QED) is 0.521. The molecule has 0 atom stereocenters. The Bertz CT molecular complexity index is 500. The number of benzene rings is 1. The highest BCUT2D eigenvalue weighted by Crippen LogP contribution is 2.18. The molecule has 0 bridgehead atoms. The van der Waals surface area contributed by atoms with Gasteiger partial charge in [-0.3, -0.25) is 9.59 Å². The van der Waals surface area contributed by atoms with Gasteiger partial charge in [-0.1, -0.05) is 49.4 Å². The highest BCUT2D eigenvalue weighted by atomic mass is 16.2. The summed E-state index contributed by atoms with van der Waals surface area (Å²) in [5, 5.41) is 2.91. The molecule has 3 heteroatoms. The number of hydrogen-bond acceptors (Lipinski definition) is 2.